The average Bonchev–Trinajstić information content (AvgIpc) is 3.69. The molecule has 9 heteroatoms. The van der Waals surface area contributed by atoms with Crippen molar-refractivity contribution in [2.24, 2.45) is 0 Å². The van der Waals surface area contributed by atoms with Crippen LogP contribution in [0.15, 0.2) is 60.0 Å². The van der Waals surface area contributed by atoms with Gasteiger partial charge in [-0.15, -0.1) is 11.3 Å². The monoisotopic (exact) mass is 552 g/mol. The van der Waals surface area contributed by atoms with Crippen LogP contribution in [0.25, 0.3) is 0 Å². The zero-order chi connectivity index (χ0) is 27.6. The number of amides is 2. The standard InChI is InChI=1S/C30H36N2O6S/c1-35-24-11-9-23(10-12-24)30(34)32(19-25-6-4-16-38-25)21-29(33)31(20-26-7-5-17-39-26)15-14-22-8-13-27(36-2)28(18-22)37-3/h5,7-13,17-18,25H,4,6,14-16,19-21H2,1-3H3. The second kappa shape index (κ2) is 14.0. The normalized spacial score (nSPS) is 14.6. The van der Waals surface area contributed by atoms with E-state index in [1.165, 1.54) is 0 Å². The number of benzene rings is 2. The number of ether oxygens (including phenoxy) is 4. The van der Waals surface area contributed by atoms with E-state index in [4.69, 9.17) is 18.9 Å². The lowest BCUT2D eigenvalue weighted by Crippen LogP contribution is -2.45. The van der Waals surface area contributed by atoms with Gasteiger partial charge < -0.3 is 28.7 Å². The molecule has 1 aromatic heterocycles. The van der Waals surface area contributed by atoms with E-state index < -0.39 is 0 Å². The van der Waals surface area contributed by atoms with Gasteiger partial charge in [0.25, 0.3) is 5.91 Å². The number of hydrogen-bond acceptors (Lipinski definition) is 7. The summed E-state index contributed by atoms with van der Waals surface area (Å²) in [4.78, 5) is 31.9. The molecule has 0 bridgehead atoms. The lowest BCUT2D eigenvalue weighted by Gasteiger charge is -2.29. The number of methoxy groups -OCH3 is 3. The Labute approximate surface area is 234 Å². The number of rotatable bonds is 13. The first-order chi connectivity index (χ1) is 19.0. The van der Waals surface area contributed by atoms with Gasteiger partial charge in [-0.3, -0.25) is 9.59 Å². The van der Waals surface area contributed by atoms with Gasteiger partial charge in [-0.25, -0.2) is 0 Å². The number of nitrogens with zero attached hydrogens (tertiary/aromatic N) is 2. The predicted molar refractivity (Wildman–Crippen MR) is 151 cm³/mol. The van der Waals surface area contributed by atoms with Gasteiger partial charge >= 0.3 is 0 Å². The van der Waals surface area contributed by atoms with Crippen LogP contribution in [0, 0.1) is 0 Å². The van der Waals surface area contributed by atoms with E-state index in [9.17, 15) is 9.59 Å². The van der Waals surface area contributed by atoms with Gasteiger partial charge in [0.15, 0.2) is 11.5 Å². The van der Waals surface area contributed by atoms with Crippen LogP contribution in [0.4, 0.5) is 0 Å². The smallest absolute Gasteiger partial charge is 0.254 e. The van der Waals surface area contributed by atoms with Gasteiger partial charge in [-0.2, -0.15) is 0 Å². The molecule has 0 aliphatic carbocycles. The molecule has 8 nitrogen and oxygen atoms in total. The van der Waals surface area contributed by atoms with Crippen molar-refractivity contribution in [3.8, 4) is 17.2 Å². The first-order valence-electron chi connectivity index (χ1n) is 13.1. The van der Waals surface area contributed by atoms with Gasteiger partial charge in [-0.1, -0.05) is 12.1 Å². The van der Waals surface area contributed by atoms with Crippen molar-refractivity contribution in [2.45, 2.75) is 31.9 Å². The van der Waals surface area contributed by atoms with E-state index >= 15 is 0 Å². The number of thiophene rings is 1. The molecule has 0 N–H and O–H groups in total. The first kappa shape index (κ1) is 28.4. The van der Waals surface area contributed by atoms with Crippen LogP contribution in [0.1, 0.15) is 33.6 Å². The van der Waals surface area contributed by atoms with Crippen molar-refractivity contribution in [2.75, 3.05) is 47.6 Å². The summed E-state index contributed by atoms with van der Waals surface area (Å²) in [6.45, 7) is 2.01. The van der Waals surface area contributed by atoms with Gasteiger partial charge in [0, 0.05) is 30.1 Å². The third kappa shape index (κ3) is 7.74. The predicted octanol–water partition coefficient (Wildman–Crippen LogP) is 4.67. The minimum atomic E-state index is -0.197. The molecule has 0 radical (unpaired) electrons. The zero-order valence-electron chi connectivity index (χ0n) is 22.8. The van der Waals surface area contributed by atoms with E-state index in [0.717, 1.165) is 23.3 Å². The highest BCUT2D eigenvalue weighted by Crippen LogP contribution is 2.28. The summed E-state index contributed by atoms with van der Waals surface area (Å²) >= 11 is 1.61. The van der Waals surface area contributed by atoms with Gasteiger partial charge in [0.1, 0.15) is 12.3 Å². The van der Waals surface area contributed by atoms with Crippen molar-refractivity contribution in [1.29, 1.82) is 0 Å². The van der Waals surface area contributed by atoms with E-state index in [1.807, 2.05) is 40.6 Å². The van der Waals surface area contributed by atoms with E-state index in [0.29, 0.717) is 55.5 Å². The van der Waals surface area contributed by atoms with Crippen molar-refractivity contribution in [3.05, 3.63) is 76.0 Å². The molecular formula is C30H36N2O6S. The molecule has 1 saturated heterocycles. The van der Waals surface area contributed by atoms with Gasteiger partial charge in [-0.05, 0) is 72.7 Å². The summed E-state index contributed by atoms with van der Waals surface area (Å²) in [7, 11) is 4.80. The molecule has 39 heavy (non-hydrogen) atoms. The van der Waals surface area contributed by atoms with Gasteiger partial charge in [0.05, 0.1) is 34.0 Å². The van der Waals surface area contributed by atoms with E-state index in [1.54, 1.807) is 61.8 Å². The average molecular weight is 553 g/mol. The van der Waals surface area contributed by atoms with Crippen LogP contribution < -0.4 is 14.2 Å². The zero-order valence-corrected chi connectivity index (χ0v) is 23.6. The fraction of sp³-hybridized carbons (Fsp3) is 0.400. The fourth-order valence-corrected chi connectivity index (χ4v) is 5.34. The number of hydrogen-bond donors (Lipinski definition) is 0. The summed E-state index contributed by atoms with van der Waals surface area (Å²) in [5, 5.41) is 2.00. The van der Waals surface area contributed by atoms with Crippen LogP contribution in [0.3, 0.4) is 0 Å². The number of carbonyl (C=O) groups is 2. The van der Waals surface area contributed by atoms with Crippen LogP contribution in [-0.2, 0) is 22.5 Å². The largest absolute Gasteiger partial charge is 0.497 e. The summed E-state index contributed by atoms with van der Waals surface area (Å²) in [5.41, 5.74) is 1.54. The Bertz CT molecular complexity index is 1210. The van der Waals surface area contributed by atoms with Crippen LogP contribution >= 0.6 is 11.3 Å². The Hall–Kier alpha value is -3.56. The lowest BCUT2D eigenvalue weighted by molar-refractivity contribution is -0.132. The first-order valence-corrected chi connectivity index (χ1v) is 13.9. The quantitative estimate of drug-likeness (QED) is 0.307. The highest BCUT2D eigenvalue weighted by Gasteiger charge is 2.27. The topological polar surface area (TPSA) is 77.5 Å². The molecule has 1 fully saturated rings. The molecule has 1 aliphatic rings. The van der Waals surface area contributed by atoms with Crippen LogP contribution in [-0.4, -0.2) is 75.3 Å². The fourth-order valence-electron chi connectivity index (χ4n) is 4.62. The molecule has 208 valence electrons. The summed E-state index contributed by atoms with van der Waals surface area (Å²) in [5.74, 6) is 1.68. The molecule has 2 heterocycles. The molecule has 1 unspecified atom stereocenters. The second-order valence-electron chi connectivity index (χ2n) is 9.38. The molecular weight excluding hydrogens is 516 g/mol. The summed E-state index contributed by atoms with van der Waals surface area (Å²) in [6, 6.07) is 16.8. The Morgan fingerprint density at radius 1 is 0.974 bits per heavy atom. The minimum absolute atomic E-state index is 0.0258. The van der Waals surface area contributed by atoms with Crippen molar-refractivity contribution < 1.29 is 28.5 Å². The van der Waals surface area contributed by atoms with E-state index in [-0.39, 0.29) is 24.5 Å². The Morgan fingerprint density at radius 3 is 2.41 bits per heavy atom. The highest BCUT2D eigenvalue weighted by atomic mass is 32.1. The van der Waals surface area contributed by atoms with Crippen molar-refractivity contribution in [3.63, 3.8) is 0 Å². The maximum Gasteiger partial charge on any atom is 0.254 e. The molecule has 1 aliphatic heterocycles. The maximum atomic E-state index is 13.8. The Balaban J connectivity index is 1.51. The molecule has 0 spiro atoms. The van der Waals surface area contributed by atoms with Crippen molar-refractivity contribution >= 4 is 23.2 Å². The molecule has 4 rings (SSSR count). The maximum absolute atomic E-state index is 13.8. The second-order valence-corrected chi connectivity index (χ2v) is 10.4. The lowest BCUT2D eigenvalue weighted by atomic mass is 10.1. The summed E-state index contributed by atoms with van der Waals surface area (Å²) in [6.07, 6.45) is 2.39. The molecule has 2 amide bonds. The number of carbonyl (C=O) groups excluding carboxylic acids is 2. The molecule has 0 saturated carbocycles. The third-order valence-electron chi connectivity index (χ3n) is 6.80. The Morgan fingerprint density at radius 2 is 1.77 bits per heavy atom. The van der Waals surface area contributed by atoms with Crippen LogP contribution in [0.5, 0.6) is 17.2 Å². The Kier molecular flexibility index (Phi) is 10.2. The highest BCUT2D eigenvalue weighted by molar-refractivity contribution is 7.09. The van der Waals surface area contributed by atoms with E-state index in [2.05, 4.69) is 0 Å². The summed E-state index contributed by atoms with van der Waals surface area (Å²) < 4.78 is 21.9. The molecule has 3 aromatic rings. The molecule has 1 atom stereocenters. The van der Waals surface area contributed by atoms with Gasteiger partial charge in [0.2, 0.25) is 5.91 Å². The van der Waals surface area contributed by atoms with Crippen molar-refractivity contribution in [1.82, 2.24) is 9.80 Å². The minimum Gasteiger partial charge on any atom is -0.497 e. The third-order valence-corrected chi connectivity index (χ3v) is 7.66. The SMILES string of the molecule is COc1ccc(C(=O)N(CC(=O)N(CCc2ccc(OC)c(OC)c2)Cc2cccs2)CC2CCCO2)cc1. The molecule has 2 aromatic carbocycles. The van der Waals surface area contributed by atoms with Crippen LogP contribution in [0.2, 0.25) is 0 Å².